The lowest BCUT2D eigenvalue weighted by atomic mass is 9.97. The molecular formula is C12H12OS. The monoisotopic (exact) mass is 204 g/mol. The Morgan fingerprint density at radius 2 is 2.07 bits per heavy atom. The number of fused-ring (bicyclic) bond motifs is 3. The predicted molar refractivity (Wildman–Crippen MR) is 57.9 cm³/mol. The molecule has 1 aromatic carbocycles. The van der Waals surface area contributed by atoms with Crippen LogP contribution in [-0.2, 0) is 11.2 Å². The molecule has 1 saturated carbocycles. The fourth-order valence-corrected chi connectivity index (χ4v) is 3.24. The number of thiol groups is 1. The molecule has 2 aliphatic rings. The summed E-state index contributed by atoms with van der Waals surface area (Å²) >= 11 is 4.47. The molecule has 0 heterocycles. The topological polar surface area (TPSA) is 17.1 Å². The van der Waals surface area contributed by atoms with Gasteiger partial charge in [0.05, 0.1) is 0 Å². The van der Waals surface area contributed by atoms with Gasteiger partial charge in [-0.1, -0.05) is 12.1 Å². The second kappa shape index (κ2) is 2.86. The fourth-order valence-electron chi connectivity index (χ4n) is 2.93. The van der Waals surface area contributed by atoms with Gasteiger partial charge in [-0.3, -0.25) is 4.79 Å². The summed E-state index contributed by atoms with van der Waals surface area (Å²) in [4.78, 5) is 12.4. The van der Waals surface area contributed by atoms with Gasteiger partial charge < -0.3 is 0 Å². The quantitative estimate of drug-likeness (QED) is 0.643. The van der Waals surface area contributed by atoms with E-state index in [0.717, 1.165) is 24.2 Å². The fraction of sp³-hybridized carbons (Fsp3) is 0.417. The Labute approximate surface area is 88.9 Å². The summed E-state index contributed by atoms with van der Waals surface area (Å²) in [6.07, 6.45) is 2.60. The molecular weight excluding hydrogens is 192 g/mol. The van der Waals surface area contributed by atoms with Crippen molar-refractivity contribution in [3.63, 3.8) is 0 Å². The van der Waals surface area contributed by atoms with Gasteiger partial charge in [-0.25, -0.2) is 0 Å². The Morgan fingerprint density at radius 1 is 1.21 bits per heavy atom. The van der Waals surface area contributed by atoms with E-state index in [-0.39, 0.29) is 0 Å². The molecule has 0 aromatic heterocycles. The number of rotatable bonds is 0. The number of ketones is 1. The molecule has 3 rings (SSSR count). The van der Waals surface area contributed by atoms with Crippen LogP contribution in [0.4, 0.5) is 0 Å². The third-order valence-corrected chi connectivity index (χ3v) is 3.98. The van der Waals surface area contributed by atoms with Crippen LogP contribution in [0.25, 0.3) is 0 Å². The zero-order chi connectivity index (χ0) is 9.71. The molecule has 2 aliphatic carbocycles. The molecule has 0 bridgehead atoms. The van der Waals surface area contributed by atoms with Crippen molar-refractivity contribution in [3.8, 4) is 0 Å². The Hall–Kier alpha value is -0.760. The predicted octanol–water partition coefficient (Wildman–Crippen LogP) is 2.59. The molecule has 1 aromatic rings. The maximum absolute atomic E-state index is 11.3. The highest BCUT2D eigenvalue weighted by Crippen LogP contribution is 2.48. The third-order valence-electron chi connectivity index (χ3n) is 3.56. The first-order chi connectivity index (χ1) is 6.75. The van der Waals surface area contributed by atoms with Crippen molar-refractivity contribution in [3.05, 3.63) is 29.3 Å². The molecule has 72 valence electrons. The maximum atomic E-state index is 11.3. The van der Waals surface area contributed by atoms with Gasteiger partial charge in [0.1, 0.15) is 5.78 Å². The minimum absolute atomic E-state index is 0.440. The summed E-state index contributed by atoms with van der Waals surface area (Å²) in [5.74, 6) is 1.52. The Balaban J connectivity index is 2.09. The third kappa shape index (κ3) is 1.07. The Kier molecular flexibility index (Phi) is 1.75. The first-order valence-corrected chi connectivity index (χ1v) is 5.53. The number of hydrogen-bond acceptors (Lipinski definition) is 2. The van der Waals surface area contributed by atoms with Crippen LogP contribution in [0.3, 0.4) is 0 Å². The van der Waals surface area contributed by atoms with Crippen LogP contribution in [-0.4, -0.2) is 5.78 Å². The number of carbonyl (C=O) groups excluding carboxylic acids is 1. The average molecular weight is 204 g/mol. The minimum atomic E-state index is 0.440. The molecule has 1 fully saturated rings. The van der Waals surface area contributed by atoms with E-state index in [0.29, 0.717) is 17.6 Å². The van der Waals surface area contributed by atoms with E-state index in [9.17, 15) is 4.79 Å². The number of Topliss-reactive ketones (excluding diaryl/α,β-unsaturated/α-hetero) is 1. The molecule has 0 radical (unpaired) electrons. The average Bonchev–Trinajstić information content (AvgIpc) is 2.63. The second-order valence-electron chi connectivity index (χ2n) is 4.36. The number of carbonyl (C=O) groups is 1. The summed E-state index contributed by atoms with van der Waals surface area (Å²) in [5.41, 5.74) is 2.77. The normalized spacial score (nSPS) is 29.1. The highest BCUT2D eigenvalue weighted by Gasteiger charge is 2.40. The summed E-state index contributed by atoms with van der Waals surface area (Å²) < 4.78 is 0. The summed E-state index contributed by atoms with van der Waals surface area (Å²) in [6.45, 7) is 0. The van der Waals surface area contributed by atoms with Crippen LogP contribution in [0.2, 0.25) is 0 Å². The van der Waals surface area contributed by atoms with Crippen LogP contribution >= 0.6 is 12.6 Å². The van der Waals surface area contributed by atoms with Crippen LogP contribution in [0, 0.1) is 5.92 Å². The van der Waals surface area contributed by atoms with Crippen molar-refractivity contribution >= 4 is 18.4 Å². The first-order valence-electron chi connectivity index (χ1n) is 5.08. The number of hydrogen-bond donors (Lipinski definition) is 1. The van der Waals surface area contributed by atoms with Gasteiger partial charge in [-0.05, 0) is 35.4 Å². The van der Waals surface area contributed by atoms with Gasteiger partial charge in [-0.15, -0.1) is 12.6 Å². The molecule has 14 heavy (non-hydrogen) atoms. The zero-order valence-electron chi connectivity index (χ0n) is 7.86. The van der Waals surface area contributed by atoms with E-state index in [1.165, 1.54) is 11.1 Å². The molecule has 1 nitrogen and oxygen atoms in total. The van der Waals surface area contributed by atoms with Crippen LogP contribution in [0.15, 0.2) is 23.1 Å². The lowest BCUT2D eigenvalue weighted by Gasteiger charge is -2.07. The van der Waals surface area contributed by atoms with Crippen molar-refractivity contribution in [1.29, 1.82) is 0 Å². The first kappa shape index (κ1) is 8.54. The molecule has 0 aliphatic heterocycles. The Bertz CT molecular complexity index is 411. The SMILES string of the molecule is O=C1CC2Cc3c(S)cccc3C2C1. The summed E-state index contributed by atoms with van der Waals surface area (Å²) in [7, 11) is 0. The lowest BCUT2D eigenvalue weighted by molar-refractivity contribution is -0.117. The van der Waals surface area contributed by atoms with Gasteiger partial charge in [-0.2, -0.15) is 0 Å². The molecule has 0 amide bonds. The largest absolute Gasteiger partial charge is 0.300 e. The van der Waals surface area contributed by atoms with E-state index in [1.54, 1.807) is 0 Å². The molecule has 0 spiro atoms. The molecule has 2 unspecified atom stereocenters. The van der Waals surface area contributed by atoms with Gasteiger partial charge in [0.25, 0.3) is 0 Å². The van der Waals surface area contributed by atoms with Gasteiger partial charge in [0.15, 0.2) is 0 Å². The van der Waals surface area contributed by atoms with Crippen molar-refractivity contribution in [1.82, 2.24) is 0 Å². The van der Waals surface area contributed by atoms with Crippen molar-refractivity contribution < 1.29 is 4.79 Å². The maximum Gasteiger partial charge on any atom is 0.133 e. The van der Waals surface area contributed by atoms with Gasteiger partial charge >= 0.3 is 0 Å². The van der Waals surface area contributed by atoms with E-state index >= 15 is 0 Å². The zero-order valence-corrected chi connectivity index (χ0v) is 8.76. The highest BCUT2D eigenvalue weighted by molar-refractivity contribution is 7.80. The summed E-state index contributed by atoms with van der Waals surface area (Å²) in [5, 5.41) is 0. The van der Waals surface area contributed by atoms with Gasteiger partial charge in [0.2, 0.25) is 0 Å². The van der Waals surface area contributed by atoms with Crippen molar-refractivity contribution in [2.24, 2.45) is 5.92 Å². The molecule has 0 N–H and O–H groups in total. The minimum Gasteiger partial charge on any atom is -0.300 e. The molecule has 0 saturated heterocycles. The number of benzene rings is 1. The van der Waals surface area contributed by atoms with Gasteiger partial charge in [0, 0.05) is 17.7 Å². The van der Waals surface area contributed by atoms with Crippen LogP contribution in [0.1, 0.15) is 29.9 Å². The smallest absolute Gasteiger partial charge is 0.133 e. The van der Waals surface area contributed by atoms with Crippen LogP contribution < -0.4 is 0 Å². The van der Waals surface area contributed by atoms with E-state index in [1.807, 2.05) is 12.1 Å². The molecule has 2 heteroatoms. The van der Waals surface area contributed by atoms with Crippen molar-refractivity contribution in [2.75, 3.05) is 0 Å². The van der Waals surface area contributed by atoms with E-state index in [2.05, 4.69) is 18.7 Å². The Morgan fingerprint density at radius 3 is 2.93 bits per heavy atom. The lowest BCUT2D eigenvalue weighted by Crippen LogP contribution is -1.97. The van der Waals surface area contributed by atoms with Crippen molar-refractivity contribution in [2.45, 2.75) is 30.1 Å². The standard InChI is InChI=1S/C12H12OS/c13-8-4-7-5-11-9(10(7)6-8)2-1-3-12(11)14/h1-3,7,10,14H,4-6H2. The highest BCUT2D eigenvalue weighted by atomic mass is 32.1. The van der Waals surface area contributed by atoms with Crippen LogP contribution in [0.5, 0.6) is 0 Å². The second-order valence-corrected chi connectivity index (χ2v) is 4.84. The van der Waals surface area contributed by atoms with E-state index in [4.69, 9.17) is 0 Å². The van der Waals surface area contributed by atoms with E-state index < -0.39 is 0 Å². The summed E-state index contributed by atoms with van der Waals surface area (Å²) in [6, 6.07) is 6.26. The molecule has 2 atom stereocenters.